The molecule has 0 bridgehead atoms. The van der Waals surface area contributed by atoms with Gasteiger partial charge in [0.15, 0.2) is 0 Å². The molecule has 1 fully saturated rings. The SMILES string of the molecule is CC(=O)OC[C@]1(CCl)CCC(n2cc(F)c(=O)[nH]c2=O)O1. The van der Waals surface area contributed by atoms with Gasteiger partial charge in [-0.05, 0) is 12.8 Å². The molecule has 0 aromatic carbocycles. The van der Waals surface area contributed by atoms with Crippen LogP contribution in [0.4, 0.5) is 4.39 Å². The summed E-state index contributed by atoms with van der Waals surface area (Å²) in [5, 5.41) is 0. The molecular formula is C12H14ClFN2O5. The first kappa shape index (κ1) is 15.7. The number of H-pyrrole nitrogens is 1. The first-order valence-electron chi connectivity index (χ1n) is 6.25. The lowest BCUT2D eigenvalue weighted by Gasteiger charge is -2.26. The molecule has 1 aromatic rings. The minimum atomic E-state index is -1.09. The molecule has 1 aliphatic rings. The van der Waals surface area contributed by atoms with Crippen LogP contribution in [0.25, 0.3) is 0 Å². The van der Waals surface area contributed by atoms with Gasteiger partial charge in [-0.3, -0.25) is 19.1 Å². The molecule has 0 aliphatic carbocycles. The van der Waals surface area contributed by atoms with E-state index in [1.54, 1.807) is 0 Å². The highest BCUT2D eigenvalue weighted by Crippen LogP contribution is 2.36. The van der Waals surface area contributed by atoms with Gasteiger partial charge >= 0.3 is 11.7 Å². The lowest BCUT2D eigenvalue weighted by Crippen LogP contribution is -2.39. The van der Waals surface area contributed by atoms with E-state index >= 15 is 0 Å². The fourth-order valence-corrected chi connectivity index (χ4v) is 2.41. The molecule has 9 heteroatoms. The molecule has 2 rings (SSSR count). The van der Waals surface area contributed by atoms with Gasteiger partial charge in [0.25, 0.3) is 5.56 Å². The molecule has 0 spiro atoms. The third-order valence-corrected chi connectivity index (χ3v) is 3.74. The molecule has 0 saturated carbocycles. The van der Waals surface area contributed by atoms with Gasteiger partial charge in [-0.1, -0.05) is 0 Å². The molecule has 1 unspecified atom stereocenters. The summed E-state index contributed by atoms with van der Waals surface area (Å²) in [4.78, 5) is 35.4. The summed E-state index contributed by atoms with van der Waals surface area (Å²) >= 11 is 5.86. The second-order valence-corrected chi connectivity index (χ2v) is 5.12. The Hall–Kier alpha value is -1.67. The fraction of sp³-hybridized carbons (Fsp3) is 0.583. The van der Waals surface area contributed by atoms with Crippen molar-refractivity contribution in [2.75, 3.05) is 12.5 Å². The average molecular weight is 321 g/mol. The standard InChI is InChI=1S/C12H14ClFN2O5/c1-7(17)20-6-12(5-13)3-2-9(21-12)16-4-8(14)10(18)15-11(16)19/h4,9H,2-3,5-6H2,1H3,(H,15,18,19)/t9?,12-/m1/s1. The Kier molecular flexibility index (Phi) is 4.48. The van der Waals surface area contributed by atoms with Crippen LogP contribution in [0.15, 0.2) is 15.8 Å². The van der Waals surface area contributed by atoms with Gasteiger partial charge in [-0.2, -0.15) is 4.39 Å². The zero-order valence-electron chi connectivity index (χ0n) is 11.2. The van der Waals surface area contributed by atoms with Gasteiger partial charge < -0.3 is 9.47 Å². The van der Waals surface area contributed by atoms with Crippen molar-refractivity contribution in [2.45, 2.75) is 31.6 Å². The first-order valence-corrected chi connectivity index (χ1v) is 6.78. The van der Waals surface area contributed by atoms with E-state index in [-0.39, 0.29) is 12.5 Å². The second kappa shape index (κ2) is 5.98. The quantitative estimate of drug-likeness (QED) is 0.645. The van der Waals surface area contributed by atoms with E-state index in [1.807, 2.05) is 4.98 Å². The largest absolute Gasteiger partial charge is 0.463 e. The monoisotopic (exact) mass is 320 g/mol. The van der Waals surface area contributed by atoms with E-state index in [4.69, 9.17) is 21.1 Å². The summed E-state index contributed by atoms with van der Waals surface area (Å²) in [6, 6.07) is 0. The lowest BCUT2D eigenvalue weighted by atomic mass is 10.0. The Morgan fingerprint density at radius 3 is 3.00 bits per heavy atom. The second-order valence-electron chi connectivity index (χ2n) is 4.85. The number of alkyl halides is 1. The summed E-state index contributed by atoms with van der Waals surface area (Å²) < 4.78 is 24.8. The van der Waals surface area contributed by atoms with Gasteiger partial charge in [0.05, 0.1) is 12.1 Å². The van der Waals surface area contributed by atoms with Gasteiger partial charge in [-0.15, -0.1) is 11.6 Å². The van der Waals surface area contributed by atoms with Crippen LogP contribution < -0.4 is 11.2 Å². The highest BCUT2D eigenvalue weighted by molar-refractivity contribution is 6.18. The van der Waals surface area contributed by atoms with Crippen molar-refractivity contribution in [1.82, 2.24) is 9.55 Å². The van der Waals surface area contributed by atoms with Gasteiger partial charge in [0.2, 0.25) is 5.82 Å². The normalized spacial score (nSPS) is 25.0. The fourth-order valence-electron chi connectivity index (χ4n) is 2.14. The van der Waals surface area contributed by atoms with Crippen molar-refractivity contribution in [2.24, 2.45) is 0 Å². The Morgan fingerprint density at radius 1 is 1.67 bits per heavy atom. The molecular weight excluding hydrogens is 307 g/mol. The van der Waals surface area contributed by atoms with Crippen molar-refractivity contribution in [3.63, 3.8) is 0 Å². The molecule has 0 amide bonds. The van der Waals surface area contributed by atoms with Crippen molar-refractivity contribution in [3.8, 4) is 0 Å². The third kappa shape index (κ3) is 3.33. The van der Waals surface area contributed by atoms with Gasteiger partial charge in [0.1, 0.15) is 18.4 Å². The van der Waals surface area contributed by atoms with Crippen molar-refractivity contribution >= 4 is 17.6 Å². The van der Waals surface area contributed by atoms with Crippen LogP contribution in [0.3, 0.4) is 0 Å². The molecule has 21 heavy (non-hydrogen) atoms. The van der Waals surface area contributed by atoms with Crippen LogP contribution in [0.2, 0.25) is 0 Å². The number of halogens is 2. The zero-order chi connectivity index (χ0) is 15.6. The number of carbonyl (C=O) groups excluding carboxylic acids is 1. The van der Waals surface area contributed by atoms with Crippen LogP contribution in [0, 0.1) is 5.82 Å². The van der Waals surface area contributed by atoms with E-state index in [0.29, 0.717) is 12.8 Å². The molecule has 7 nitrogen and oxygen atoms in total. The molecule has 0 radical (unpaired) electrons. The maximum atomic E-state index is 13.3. The number of carbonyl (C=O) groups is 1. The molecule has 1 N–H and O–H groups in total. The number of aromatic amines is 1. The maximum absolute atomic E-state index is 13.3. The zero-order valence-corrected chi connectivity index (χ0v) is 12.0. The average Bonchev–Trinajstić information content (AvgIpc) is 2.85. The Balaban J connectivity index is 2.21. The number of hydrogen-bond donors (Lipinski definition) is 1. The molecule has 2 atom stereocenters. The van der Waals surface area contributed by atoms with Gasteiger partial charge in [0, 0.05) is 6.92 Å². The van der Waals surface area contributed by atoms with E-state index in [1.165, 1.54) is 6.92 Å². The molecule has 1 saturated heterocycles. The molecule has 2 heterocycles. The summed E-state index contributed by atoms with van der Waals surface area (Å²) in [7, 11) is 0. The maximum Gasteiger partial charge on any atom is 0.330 e. The molecule has 1 aliphatic heterocycles. The lowest BCUT2D eigenvalue weighted by molar-refractivity contribution is -0.153. The number of hydrogen-bond acceptors (Lipinski definition) is 5. The minimum Gasteiger partial charge on any atom is -0.463 e. The third-order valence-electron chi connectivity index (χ3n) is 3.25. The van der Waals surface area contributed by atoms with E-state index < -0.39 is 34.9 Å². The smallest absolute Gasteiger partial charge is 0.330 e. The Morgan fingerprint density at radius 2 is 2.38 bits per heavy atom. The predicted molar refractivity (Wildman–Crippen MR) is 70.7 cm³/mol. The Labute approximate surface area is 123 Å². The number of rotatable bonds is 4. The minimum absolute atomic E-state index is 0.0527. The van der Waals surface area contributed by atoms with E-state index in [0.717, 1.165) is 10.8 Å². The van der Waals surface area contributed by atoms with E-state index in [2.05, 4.69) is 0 Å². The summed E-state index contributed by atoms with van der Waals surface area (Å²) in [5.74, 6) is -1.50. The van der Waals surface area contributed by atoms with Crippen molar-refractivity contribution < 1.29 is 18.7 Å². The number of aromatic nitrogens is 2. The highest BCUT2D eigenvalue weighted by Gasteiger charge is 2.42. The summed E-state index contributed by atoms with van der Waals surface area (Å²) in [5.41, 5.74) is -2.79. The van der Waals surface area contributed by atoms with Crippen LogP contribution in [-0.4, -0.2) is 33.6 Å². The summed E-state index contributed by atoms with van der Waals surface area (Å²) in [6.45, 7) is 1.21. The van der Waals surface area contributed by atoms with Crippen molar-refractivity contribution in [3.05, 3.63) is 32.9 Å². The van der Waals surface area contributed by atoms with Crippen LogP contribution in [0.5, 0.6) is 0 Å². The Bertz CT molecular complexity index is 658. The van der Waals surface area contributed by atoms with Crippen LogP contribution in [-0.2, 0) is 14.3 Å². The van der Waals surface area contributed by atoms with Crippen LogP contribution in [0.1, 0.15) is 26.0 Å². The van der Waals surface area contributed by atoms with Gasteiger partial charge in [-0.25, -0.2) is 4.79 Å². The van der Waals surface area contributed by atoms with Crippen LogP contribution >= 0.6 is 11.6 Å². The first-order chi connectivity index (χ1) is 9.87. The number of ether oxygens (including phenoxy) is 2. The van der Waals surface area contributed by atoms with Crippen molar-refractivity contribution in [1.29, 1.82) is 0 Å². The topological polar surface area (TPSA) is 90.4 Å². The molecule has 116 valence electrons. The highest BCUT2D eigenvalue weighted by atomic mass is 35.5. The predicted octanol–water partition coefficient (Wildman–Crippen LogP) is 0.525. The number of nitrogens with zero attached hydrogens (tertiary/aromatic N) is 1. The number of nitrogens with one attached hydrogen (secondary N) is 1. The number of esters is 1. The van der Waals surface area contributed by atoms with E-state index in [9.17, 15) is 18.8 Å². The summed E-state index contributed by atoms with van der Waals surface area (Å²) in [6.07, 6.45) is 0.821. The molecule has 1 aromatic heterocycles.